The number of nitrogens with zero attached hydrogens (tertiary/aromatic N) is 2. The maximum absolute atomic E-state index is 13.8. The van der Waals surface area contributed by atoms with Gasteiger partial charge >= 0.3 is 0 Å². The van der Waals surface area contributed by atoms with Gasteiger partial charge in [0, 0.05) is 44.0 Å². The van der Waals surface area contributed by atoms with Gasteiger partial charge in [-0.25, -0.2) is 4.39 Å². The monoisotopic (exact) mass is 368 g/mol. The van der Waals surface area contributed by atoms with Crippen LogP contribution in [0, 0.1) is 17.7 Å². The van der Waals surface area contributed by atoms with E-state index in [1.165, 1.54) is 31.2 Å². The lowest BCUT2D eigenvalue weighted by molar-refractivity contribution is -0.130. The highest BCUT2D eigenvalue weighted by Crippen LogP contribution is 2.45. The van der Waals surface area contributed by atoms with Crippen LogP contribution >= 0.6 is 0 Å². The molecule has 2 fully saturated rings. The smallest absolute Gasteiger partial charge is 0.253 e. The van der Waals surface area contributed by atoms with Crippen molar-refractivity contribution < 1.29 is 19.1 Å². The molecule has 0 radical (unpaired) electrons. The molecule has 6 heteroatoms. The van der Waals surface area contributed by atoms with Gasteiger partial charge in [-0.3, -0.25) is 9.59 Å². The van der Waals surface area contributed by atoms with Gasteiger partial charge in [-0.2, -0.15) is 0 Å². The number of rotatable bonds is 2. The summed E-state index contributed by atoms with van der Waals surface area (Å²) in [6.07, 6.45) is 0. The summed E-state index contributed by atoms with van der Waals surface area (Å²) in [6, 6.07) is 12.4. The largest absolute Gasteiger partial charge is 0.508 e. The van der Waals surface area contributed by atoms with E-state index in [0.29, 0.717) is 25.2 Å². The van der Waals surface area contributed by atoms with Gasteiger partial charge in [0.15, 0.2) is 0 Å². The first-order valence-corrected chi connectivity index (χ1v) is 9.05. The topological polar surface area (TPSA) is 60.9 Å². The van der Waals surface area contributed by atoms with Gasteiger partial charge in [0.05, 0.1) is 6.04 Å². The maximum Gasteiger partial charge on any atom is 0.253 e. The predicted octanol–water partition coefficient (Wildman–Crippen LogP) is 2.82. The Morgan fingerprint density at radius 1 is 1.07 bits per heavy atom. The zero-order valence-corrected chi connectivity index (χ0v) is 15.0. The Balaban J connectivity index is 1.59. The van der Waals surface area contributed by atoms with Gasteiger partial charge in [0.1, 0.15) is 11.6 Å². The first-order valence-electron chi connectivity index (χ1n) is 9.05. The van der Waals surface area contributed by atoms with Crippen molar-refractivity contribution in [2.45, 2.75) is 13.0 Å². The number of carbonyl (C=O) groups is 2. The molecule has 2 aliphatic heterocycles. The first-order chi connectivity index (χ1) is 12.9. The number of hydrogen-bond donors (Lipinski definition) is 1. The minimum Gasteiger partial charge on any atom is -0.508 e. The Hall–Kier alpha value is -2.89. The Morgan fingerprint density at radius 3 is 2.48 bits per heavy atom. The van der Waals surface area contributed by atoms with Crippen LogP contribution in [-0.2, 0) is 4.79 Å². The number of carbonyl (C=O) groups excluding carboxylic acids is 2. The second-order valence-corrected chi connectivity index (χ2v) is 7.35. The molecule has 2 aromatic carbocycles. The van der Waals surface area contributed by atoms with E-state index in [-0.39, 0.29) is 41.3 Å². The van der Waals surface area contributed by atoms with Crippen LogP contribution in [-0.4, -0.2) is 46.4 Å². The fourth-order valence-corrected chi connectivity index (χ4v) is 4.44. The van der Waals surface area contributed by atoms with Gasteiger partial charge in [-0.15, -0.1) is 0 Å². The van der Waals surface area contributed by atoms with Crippen LogP contribution in [0.2, 0.25) is 0 Å². The standard InChI is InChI=1S/C21H21FN2O3/c1-13(25)24-11-16-10-23(21(27)14-5-7-18(26)8-6-14)12-19(16)20(24)15-3-2-4-17(22)9-15/h2-9,16,19-20,26H,10-12H2,1H3/t16-,19-,20-/m1/s1. The lowest BCUT2D eigenvalue weighted by Crippen LogP contribution is -2.36. The first kappa shape index (κ1) is 17.5. The average Bonchev–Trinajstić information content (AvgIpc) is 3.19. The summed E-state index contributed by atoms with van der Waals surface area (Å²) in [5, 5.41) is 9.41. The SMILES string of the molecule is CC(=O)N1C[C@H]2CN(C(=O)c3ccc(O)cc3)C[C@H]2[C@H]1c1cccc(F)c1. The van der Waals surface area contributed by atoms with Gasteiger partial charge in [0.25, 0.3) is 5.91 Å². The number of halogens is 1. The molecule has 2 saturated heterocycles. The van der Waals surface area contributed by atoms with Crippen molar-refractivity contribution in [3.63, 3.8) is 0 Å². The van der Waals surface area contributed by atoms with E-state index in [1.54, 1.807) is 28.0 Å². The van der Waals surface area contributed by atoms with Crippen LogP contribution in [0.4, 0.5) is 4.39 Å². The molecule has 27 heavy (non-hydrogen) atoms. The Kier molecular flexibility index (Phi) is 4.34. The Labute approximate surface area is 157 Å². The number of fused-ring (bicyclic) bond motifs is 1. The summed E-state index contributed by atoms with van der Waals surface area (Å²) < 4.78 is 13.8. The summed E-state index contributed by atoms with van der Waals surface area (Å²) in [7, 11) is 0. The second kappa shape index (κ2) is 6.68. The van der Waals surface area contributed by atoms with Crippen LogP contribution in [0.25, 0.3) is 0 Å². The molecule has 1 N–H and O–H groups in total. The molecule has 0 aromatic heterocycles. The number of amides is 2. The molecule has 0 saturated carbocycles. The van der Waals surface area contributed by atoms with Gasteiger partial charge in [-0.1, -0.05) is 12.1 Å². The molecule has 3 atom stereocenters. The lowest BCUT2D eigenvalue weighted by atomic mass is 9.89. The molecule has 140 valence electrons. The highest BCUT2D eigenvalue weighted by atomic mass is 19.1. The van der Waals surface area contributed by atoms with Crippen LogP contribution in [0.15, 0.2) is 48.5 Å². The Bertz CT molecular complexity index is 883. The quantitative estimate of drug-likeness (QED) is 0.887. The number of hydrogen-bond acceptors (Lipinski definition) is 3. The van der Waals surface area contributed by atoms with E-state index in [2.05, 4.69) is 0 Å². The minimum atomic E-state index is -0.325. The van der Waals surface area contributed by atoms with Gasteiger partial charge in [-0.05, 0) is 42.0 Å². The predicted molar refractivity (Wildman–Crippen MR) is 97.5 cm³/mol. The summed E-state index contributed by atoms with van der Waals surface area (Å²) in [4.78, 5) is 28.5. The van der Waals surface area contributed by atoms with Crippen LogP contribution in [0.5, 0.6) is 5.75 Å². The molecular weight excluding hydrogens is 347 g/mol. The third-order valence-corrected chi connectivity index (χ3v) is 5.66. The highest BCUT2D eigenvalue weighted by molar-refractivity contribution is 5.94. The summed E-state index contributed by atoms with van der Waals surface area (Å²) in [5.41, 5.74) is 1.30. The molecule has 2 amide bonds. The third kappa shape index (κ3) is 3.16. The zero-order valence-electron chi connectivity index (χ0n) is 15.0. The summed E-state index contributed by atoms with van der Waals surface area (Å²) >= 11 is 0. The van der Waals surface area contributed by atoms with E-state index < -0.39 is 0 Å². The third-order valence-electron chi connectivity index (χ3n) is 5.66. The number of phenolic OH excluding ortho intramolecular Hbond substituents is 1. The van der Waals surface area contributed by atoms with Crippen LogP contribution < -0.4 is 0 Å². The van der Waals surface area contributed by atoms with Crippen molar-refractivity contribution in [2.75, 3.05) is 19.6 Å². The number of benzene rings is 2. The molecule has 2 heterocycles. The molecule has 0 bridgehead atoms. The molecule has 2 aromatic rings. The average molecular weight is 368 g/mol. The highest BCUT2D eigenvalue weighted by Gasteiger charge is 2.49. The molecule has 0 unspecified atom stereocenters. The fraction of sp³-hybridized carbons (Fsp3) is 0.333. The molecule has 5 nitrogen and oxygen atoms in total. The van der Waals surface area contributed by atoms with Crippen molar-refractivity contribution in [1.82, 2.24) is 9.80 Å². The van der Waals surface area contributed by atoms with Crippen LogP contribution in [0.1, 0.15) is 28.9 Å². The van der Waals surface area contributed by atoms with E-state index in [1.807, 2.05) is 6.07 Å². The van der Waals surface area contributed by atoms with E-state index in [4.69, 9.17) is 0 Å². The normalized spacial score (nSPS) is 24.1. The van der Waals surface area contributed by atoms with Crippen molar-refractivity contribution in [3.05, 3.63) is 65.5 Å². The van der Waals surface area contributed by atoms with Crippen molar-refractivity contribution in [3.8, 4) is 5.75 Å². The number of likely N-dealkylation sites (tertiary alicyclic amines) is 2. The van der Waals surface area contributed by atoms with Gasteiger partial charge < -0.3 is 14.9 Å². The Morgan fingerprint density at radius 2 is 1.81 bits per heavy atom. The molecular formula is C21H21FN2O3. The molecule has 0 aliphatic carbocycles. The number of phenols is 1. The molecule has 2 aliphatic rings. The maximum atomic E-state index is 13.8. The summed E-state index contributed by atoms with van der Waals surface area (Å²) in [5.74, 6) is -0.0746. The van der Waals surface area contributed by atoms with E-state index >= 15 is 0 Å². The zero-order chi connectivity index (χ0) is 19.1. The van der Waals surface area contributed by atoms with Crippen molar-refractivity contribution in [2.24, 2.45) is 11.8 Å². The molecule has 0 spiro atoms. The fourth-order valence-electron chi connectivity index (χ4n) is 4.44. The minimum absolute atomic E-state index is 0.0323. The summed E-state index contributed by atoms with van der Waals surface area (Å²) in [6.45, 7) is 3.20. The van der Waals surface area contributed by atoms with Crippen LogP contribution in [0.3, 0.4) is 0 Å². The second-order valence-electron chi connectivity index (χ2n) is 7.35. The van der Waals surface area contributed by atoms with E-state index in [9.17, 15) is 19.1 Å². The van der Waals surface area contributed by atoms with Crippen molar-refractivity contribution in [1.29, 1.82) is 0 Å². The van der Waals surface area contributed by atoms with E-state index in [0.717, 1.165) is 5.56 Å². The number of aromatic hydroxyl groups is 1. The molecule has 4 rings (SSSR count). The van der Waals surface area contributed by atoms with Gasteiger partial charge in [0.2, 0.25) is 5.91 Å². The lowest BCUT2D eigenvalue weighted by Gasteiger charge is -2.29. The van der Waals surface area contributed by atoms with Crippen molar-refractivity contribution >= 4 is 11.8 Å².